The number of rotatable bonds is 2. The van der Waals surface area contributed by atoms with E-state index >= 15 is 0 Å². The zero-order chi connectivity index (χ0) is 12.3. The smallest absolute Gasteiger partial charge is 0.242 e. The van der Waals surface area contributed by atoms with Gasteiger partial charge in [-0.1, -0.05) is 26.8 Å². The fourth-order valence-electron chi connectivity index (χ4n) is 1.20. The summed E-state index contributed by atoms with van der Waals surface area (Å²) in [6.07, 6.45) is 1.64. The summed E-state index contributed by atoms with van der Waals surface area (Å²) in [5.41, 5.74) is 6.52. The van der Waals surface area contributed by atoms with Crippen molar-refractivity contribution in [1.29, 1.82) is 0 Å². The van der Waals surface area contributed by atoms with Gasteiger partial charge in [0.05, 0.1) is 6.04 Å². The Morgan fingerprint density at radius 1 is 1.50 bits per heavy atom. The number of aryl methyl sites for hydroxylation is 1. The highest BCUT2D eigenvalue weighted by Crippen LogP contribution is 2.19. The molecule has 0 bridgehead atoms. The number of nitrogens with one attached hydrogen (secondary N) is 1. The van der Waals surface area contributed by atoms with Gasteiger partial charge in [-0.2, -0.15) is 0 Å². The van der Waals surface area contributed by atoms with Gasteiger partial charge in [-0.25, -0.2) is 4.98 Å². The van der Waals surface area contributed by atoms with E-state index in [1.807, 2.05) is 39.8 Å². The Hall–Kier alpha value is -1.42. The Morgan fingerprint density at radius 2 is 2.12 bits per heavy atom. The van der Waals surface area contributed by atoms with Gasteiger partial charge in [0.2, 0.25) is 5.91 Å². The normalized spacial score (nSPS) is 13.3. The molecular formula is C12H19N3O. The van der Waals surface area contributed by atoms with E-state index in [4.69, 9.17) is 5.73 Å². The van der Waals surface area contributed by atoms with Crippen LogP contribution < -0.4 is 11.1 Å². The highest BCUT2D eigenvalue weighted by atomic mass is 16.2. The van der Waals surface area contributed by atoms with Crippen molar-refractivity contribution in [3.8, 4) is 0 Å². The minimum absolute atomic E-state index is 0.200. The average molecular weight is 221 g/mol. The van der Waals surface area contributed by atoms with E-state index in [-0.39, 0.29) is 11.3 Å². The second-order valence-corrected chi connectivity index (χ2v) is 5.00. The predicted molar refractivity (Wildman–Crippen MR) is 65.0 cm³/mol. The van der Waals surface area contributed by atoms with Crippen molar-refractivity contribution < 1.29 is 4.79 Å². The summed E-state index contributed by atoms with van der Waals surface area (Å²) in [7, 11) is 0. The van der Waals surface area contributed by atoms with Crippen LogP contribution in [0.1, 0.15) is 26.3 Å². The molecule has 3 N–H and O–H groups in total. The van der Waals surface area contributed by atoms with Gasteiger partial charge >= 0.3 is 0 Å². The lowest BCUT2D eigenvalue weighted by molar-refractivity contribution is -0.119. The molecule has 0 aromatic carbocycles. The van der Waals surface area contributed by atoms with Gasteiger partial charge < -0.3 is 11.1 Å². The van der Waals surface area contributed by atoms with Crippen molar-refractivity contribution in [3.63, 3.8) is 0 Å². The summed E-state index contributed by atoms with van der Waals surface area (Å²) in [5, 5.41) is 2.74. The van der Waals surface area contributed by atoms with Crippen molar-refractivity contribution in [2.45, 2.75) is 33.7 Å². The Bertz CT molecular complexity index is 382. The molecule has 0 fully saturated rings. The van der Waals surface area contributed by atoms with Crippen molar-refractivity contribution in [3.05, 3.63) is 23.9 Å². The number of hydrogen-bond acceptors (Lipinski definition) is 3. The number of aromatic nitrogens is 1. The van der Waals surface area contributed by atoms with E-state index in [0.29, 0.717) is 5.82 Å². The molecule has 0 aliphatic rings. The lowest BCUT2D eigenvalue weighted by Gasteiger charge is -2.25. The average Bonchev–Trinajstić information content (AvgIpc) is 2.19. The van der Waals surface area contributed by atoms with E-state index < -0.39 is 6.04 Å². The van der Waals surface area contributed by atoms with Crippen molar-refractivity contribution in [2.75, 3.05) is 5.32 Å². The van der Waals surface area contributed by atoms with Crippen LogP contribution in [0.5, 0.6) is 0 Å². The molecule has 16 heavy (non-hydrogen) atoms. The number of amides is 1. The number of nitrogens with two attached hydrogens (primary N) is 1. The SMILES string of the molecule is Cc1cccnc1NC(=O)[C@@H](N)C(C)(C)C. The summed E-state index contributed by atoms with van der Waals surface area (Å²) in [6.45, 7) is 7.69. The van der Waals surface area contributed by atoms with Gasteiger partial charge in [-0.15, -0.1) is 0 Å². The molecule has 1 amide bonds. The molecule has 0 aliphatic carbocycles. The summed E-state index contributed by atoms with van der Waals surface area (Å²) in [5.74, 6) is 0.376. The van der Waals surface area contributed by atoms with Crippen molar-refractivity contribution >= 4 is 11.7 Å². The first-order valence-corrected chi connectivity index (χ1v) is 5.30. The van der Waals surface area contributed by atoms with Crippen LogP contribution in [-0.2, 0) is 4.79 Å². The number of carbonyl (C=O) groups excluding carboxylic acids is 1. The minimum Gasteiger partial charge on any atom is -0.319 e. The second-order valence-electron chi connectivity index (χ2n) is 5.00. The molecule has 0 spiro atoms. The maximum Gasteiger partial charge on any atom is 0.242 e. The predicted octanol–water partition coefficient (Wildman–Crippen LogP) is 1.70. The molecule has 1 atom stereocenters. The number of carbonyl (C=O) groups is 1. The summed E-state index contributed by atoms with van der Waals surface area (Å²) >= 11 is 0. The second kappa shape index (κ2) is 4.61. The van der Waals surface area contributed by atoms with Gasteiger partial charge in [0.1, 0.15) is 5.82 Å². The highest BCUT2D eigenvalue weighted by molar-refractivity contribution is 5.94. The zero-order valence-corrected chi connectivity index (χ0v) is 10.2. The molecule has 1 aromatic heterocycles. The third-order valence-corrected chi connectivity index (χ3v) is 2.47. The van der Waals surface area contributed by atoms with Gasteiger partial charge in [-0.3, -0.25) is 4.79 Å². The van der Waals surface area contributed by atoms with Crippen LogP contribution >= 0.6 is 0 Å². The van der Waals surface area contributed by atoms with Crippen molar-refractivity contribution in [1.82, 2.24) is 4.98 Å². The lowest BCUT2D eigenvalue weighted by Crippen LogP contribution is -2.45. The van der Waals surface area contributed by atoms with Crippen LogP contribution in [0.25, 0.3) is 0 Å². The quantitative estimate of drug-likeness (QED) is 0.798. The number of nitrogens with zero attached hydrogens (tertiary/aromatic N) is 1. The van der Waals surface area contributed by atoms with Gasteiger partial charge in [0.15, 0.2) is 0 Å². The van der Waals surface area contributed by atoms with Crippen LogP contribution in [0, 0.1) is 12.3 Å². The molecule has 4 heteroatoms. The van der Waals surface area contributed by atoms with E-state index in [9.17, 15) is 4.79 Å². The maximum absolute atomic E-state index is 11.8. The van der Waals surface area contributed by atoms with Gasteiger partial charge in [0, 0.05) is 6.20 Å². The molecule has 1 rings (SSSR count). The number of pyridine rings is 1. The monoisotopic (exact) mass is 221 g/mol. The van der Waals surface area contributed by atoms with Crippen LogP contribution in [0.4, 0.5) is 5.82 Å². The van der Waals surface area contributed by atoms with Gasteiger partial charge in [0.25, 0.3) is 0 Å². The van der Waals surface area contributed by atoms with Crippen LogP contribution in [-0.4, -0.2) is 16.9 Å². The van der Waals surface area contributed by atoms with Crippen molar-refractivity contribution in [2.24, 2.45) is 11.1 Å². The third-order valence-electron chi connectivity index (χ3n) is 2.47. The molecular weight excluding hydrogens is 202 g/mol. The maximum atomic E-state index is 11.8. The van der Waals surface area contributed by atoms with E-state index in [1.165, 1.54) is 0 Å². The largest absolute Gasteiger partial charge is 0.319 e. The first-order valence-electron chi connectivity index (χ1n) is 5.30. The number of hydrogen-bond donors (Lipinski definition) is 2. The molecule has 4 nitrogen and oxygen atoms in total. The van der Waals surface area contributed by atoms with Gasteiger partial charge in [-0.05, 0) is 24.0 Å². The van der Waals surface area contributed by atoms with Crippen LogP contribution in [0.3, 0.4) is 0 Å². The molecule has 0 aliphatic heterocycles. The fourth-order valence-corrected chi connectivity index (χ4v) is 1.20. The molecule has 1 aromatic rings. The van der Waals surface area contributed by atoms with E-state index in [0.717, 1.165) is 5.56 Å². The number of anilines is 1. The van der Waals surface area contributed by atoms with E-state index in [2.05, 4.69) is 10.3 Å². The molecule has 0 saturated heterocycles. The standard InChI is InChI=1S/C12H19N3O/c1-8-6-5-7-14-10(8)15-11(16)9(13)12(2,3)4/h5-7,9H,13H2,1-4H3,(H,14,15,16)/t9-/m1/s1. The Kier molecular flexibility index (Phi) is 3.65. The van der Waals surface area contributed by atoms with Crippen LogP contribution in [0.15, 0.2) is 18.3 Å². The third kappa shape index (κ3) is 3.03. The topological polar surface area (TPSA) is 68.0 Å². The minimum atomic E-state index is -0.547. The first-order chi connectivity index (χ1) is 7.32. The molecule has 0 saturated carbocycles. The summed E-state index contributed by atoms with van der Waals surface area (Å²) < 4.78 is 0. The molecule has 0 radical (unpaired) electrons. The zero-order valence-electron chi connectivity index (χ0n) is 10.2. The Balaban J connectivity index is 2.76. The summed E-state index contributed by atoms with van der Waals surface area (Å²) in [6, 6.07) is 3.17. The fraction of sp³-hybridized carbons (Fsp3) is 0.500. The molecule has 88 valence electrons. The summed E-state index contributed by atoms with van der Waals surface area (Å²) in [4.78, 5) is 15.9. The Labute approximate surface area is 96.3 Å². The van der Waals surface area contributed by atoms with E-state index in [1.54, 1.807) is 6.20 Å². The molecule has 0 unspecified atom stereocenters. The molecule has 1 heterocycles. The lowest BCUT2D eigenvalue weighted by atomic mass is 9.87. The first kappa shape index (κ1) is 12.6. The van der Waals surface area contributed by atoms with Crippen LogP contribution in [0.2, 0.25) is 0 Å². The highest BCUT2D eigenvalue weighted by Gasteiger charge is 2.27. The Morgan fingerprint density at radius 3 is 2.62 bits per heavy atom.